The number of hydrogen-bond acceptors (Lipinski definition) is 2. The van der Waals surface area contributed by atoms with E-state index < -0.39 is 0 Å². The summed E-state index contributed by atoms with van der Waals surface area (Å²) in [5.41, 5.74) is 11.7. The molecule has 0 aromatic heterocycles. The van der Waals surface area contributed by atoms with Crippen molar-refractivity contribution in [2.45, 2.75) is 37.8 Å². The van der Waals surface area contributed by atoms with Gasteiger partial charge in [0.05, 0.1) is 0 Å². The molecule has 2 heteroatoms. The second-order valence-electron chi connectivity index (χ2n) is 3.41. The van der Waals surface area contributed by atoms with E-state index >= 15 is 0 Å². The highest BCUT2D eigenvalue weighted by molar-refractivity contribution is 4.96. The van der Waals surface area contributed by atoms with Crippen LogP contribution in [0.3, 0.4) is 0 Å². The van der Waals surface area contributed by atoms with Crippen LogP contribution in [0.4, 0.5) is 0 Å². The molecule has 4 N–H and O–H groups in total. The average Bonchev–Trinajstić information content (AvgIpc) is 2.06. The van der Waals surface area contributed by atoms with E-state index in [1.54, 1.807) is 0 Å². The van der Waals surface area contributed by atoms with E-state index in [0.29, 0.717) is 0 Å². The van der Waals surface area contributed by atoms with E-state index in [2.05, 4.69) is 24.3 Å². The Balaban J connectivity index is 2.43. The molecular formula is C10H18N2. The molecule has 0 saturated heterocycles. The van der Waals surface area contributed by atoms with Gasteiger partial charge < -0.3 is 11.5 Å². The molecule has 1 aliphatic carbocycles. The quantitative estimate of drug-likeness (QED) is 0.533. The zero-order chi connectivity index (χ0) is 8.81. The van der Waals surface area contributed by atoms with Gasteiger partial charge in [-0.05, 0) is 25.7 Å². The first-order valence-electron chi connectivity index (χ1n) is 4.60. The van der Waals surface area contributed by atoms with Gasteiger partial charge in [-0.1, -0.05) is 24.3 Å². The minimum Gasteiger partial charge on any atom is -0.327 e. The zero-order valence-electron chi connectivity index (χ0n) is 7.45. The van der Waals surface area contributed by atoms with Gasteiger partial charge in [0.2, 0.25) is 0 Å². The lowest BCUT2D eigenvalue weighted by atomic mass is 10.0. The van der Waals surface area contributed by atoms with Crippen molar-refractivity contribution >= 4 is 0 Å². The monoisotopic (exact) mass is 166 g/mol. The Bertz CT molecular complexity index is 137. The standard InChI is InChI=1S/C10H18N2/c11-9-5-1-2-6-10(12)8-4-3-7-9/h1-4,9-10H,5-8,11-12H2/b2-1+,4-3+. The molecule has 12 heavy (non-hydrogen) atoms. The molecule has 0 fully saturated rings. The smallest absolute Gasteiger partial charge is 0.0108 e. The maximum Gasteiger partial charge on any atom is 0.0108 e. The minimum atomic E-state index is 0.284. The van der Waals surface area contributed by atoms with Gasteiger partial charge in [-0.25, -0.2) is 0 Å². The molecule has 0 atom stereocenters. The van der Waals surface area contributed by atoms with Crippen molar-refractivity contribution in [3.63, 3.8) is 0 Å². The van der Waals surface area contributed by atoms with E-state index in [0.717, 1.165) is 25.7 Å². The summed E-state index contributed by atoms with van der Waals surface area (Å²) in [6.07, 6.45) is 12.4. The maximum atomic E-state index is 5.83. The van der Waals surface area contributed by atoms with Crippen LogP contribution in [0.25, 0.3) is 0 Å². The van der Waals surface area contributed by atoms with Crippen molar-refractivity contribution in [3.05, 3.63) is 24.3 Å². The molecule has 0 unspecified atom stereocenters. The summed E-state index contributed by atoms with van der Waals surface area (Å²) in [5.74, 6) is 0. The summed E-state index contributed by atoms with van der Waals surface area (Å²) in [6, 6.07) is 0.568. The molecule has 0 bridgehead atoms. The van der Waals surface area contributed by atoms with Crippen LogP contribution in [0.15, 0.2) is 24.3 Å². The normalized spacial score (nSPS) is 37.2. The first kappa shape index (κ1) is 9.49. The lowest BCUT2D eigenvalue weighted by Crippen LogP contribution is -2.20. The van der Waals surface area contributed by atoms with Crippen molar-refractivity contribution < 1.29 is 0 Å². The van der Waals surface area contributed by atoms with Crippen molar-refractivity contribution in [2.24, 2.45) is 11.5 Å². The number of hydrogen-bond donors (Lipinski definition) is 2. The zero-order valence-corrected chi connectivity index (χ0v) is 7.45. The largest absolute Gasteiger partial charge is 0.327 e. The predicted molar refractivity (Wildman–Crippen MR) is 52.7 cm³/mol. The Morgan fingerprint density at radius 2 is 0.917 bits per heavy atom. The van der Waals surface area contributed by atoms with Crippen LogP contribution >= 0.6 is 0 Å². The third-order valence-electron chi connectivity index (χ3n) is 2.09. The molecule has 0 spiro atoms. The molecular weight excluding hydrogens is 148 g/mol. The predicted octanol–water partition coefficient (Wildman–Crippen LogP) is 1.33. The van der Waals surface area contributed by atoms with Crippen molar-refractivity contribution in [3.8, 4) is 0 Å². The van der Waals surface area contributed by atoms with Crippen LogP contribution in [-0.4, -0.2) is 12.1 Å². The highest BCUT2D eigenvalue weighted by Crippen LogP contribution is 2.05. The van der Waals surface area contributed by atoms with Crippen LogP contribution in [0.5, 0.6) is 0 Å². The van der Waals surface area contributed by atoms with Gasteiger partial charge in [0.25, 0.3) is 0 Å². The summed E-state index contributed by atoms with van der Waals surface area (Å²) >= 11 is 0. The van der Waals surface area contributed by atoms with E-state index in [-0.39, 0.29) is 12.1 Å². The van der Waals surface area contributed by atoms with E-state index in [1.165, 1.54) is 0 Å². The molecule has 68 valence electrons. The van der Waals surface area contributed by atoms with Crippen LogP contribution in [0.2, 0.25) is 0 Å². The van der Waals surface area contributed by atoms with Crippen LogP contribution < -0.4 is 11.5 Å². The topological polar surface area (TPSA) is 52.0 Å². The van der Waals surface area contributed by atoms with Gasteiger partial charge in [0.15, 0.2) is 0 Å². The van der Waals surface area contributed by atoms with Gasteiger partial charge in [-0.2, -0.15) is 0 Å². The van der Waals surface area contributed by atoms with E-state index in [9.17, 15) is 0 Å². The lowest BCUT2D eigenvalue weighted by molar-refractivity contribution is 0.659. The fourth-order valence-corrected chi connectivity index (χ4v) is 1.28. The second kappa shape index (κ2) is 5.12. The summed E-state index contributed by atoms with van der Waals surface area (Å²) in [5, 5.41) is 0. The maximum absolute atomic E-state index is 5.83. The van der Waals surface area contributed by atoms with Gasteiger partial charge >= 0.3 is 0 Å². The van der Waals surface area contributed by atoms with Crippen molar-refractivity contribution in [1.82, 2.24) is 0 Å². The summed E-state index contributed by atoms with van der Waals surface area (Å²) in [4.78, 5) is 0. The van der Waals surface area contributed by atoms with Crippen LogP contribution in [-0.2, 0) is 0 Å². The Hall–Kier alpha value is -0.600. The summed E-state index contributed by atoms with van der Waals surface area (Å²) in [6.45, 7) is 0. The van der Waals surface area contributed by atoms with Gasteiger partial charge in [0.1, 0.15) is 0 Å². The lowest BCUT2D eigenvalue weighted by Gasteiger charge is -2.09. The molecule has 1 rings (SSSR count). The number of rotatable bonds is 0. The third kappa shape index (κ3) is 3.69. The van der Waals surface area contributed by atoms with Gasteiger partial charge in [-0.15, -0.1) is 0 Å². The Kier molecular flexibility index (Phi) is 4.05. The minimum absolute atomic E-state index is 0.284. The SMILES string of the molecule is NC1C/C=C/CC(N)C/C=C/C1. The molecule has 0 radical (unpaired) electrons. The molecule has 0 aromatic carbocycles. The fraction of sp³-hybridized carbons (Fsp3) is 0.600. The molecule has 0 heterocycles. The fourth-order valence-electron chi connectivity index (χ4n) is 1.28. The summed E-state index contributed by atoms with van der Waals surface area (Å²) < 4.78 is 0. The molecule has 0 saturated carbocycles. The second-order valence-corrected chi connectivity index (χ2v) is 3.41. The Morgan fingerprint density at radius 1 is 0.667 bits per heavy atom. The number of nitrogens with two attached hydrogens (primary N) is 2. The van der Waals surface area contributed by atoms with E-state index in [1.807, 2.05) is 0 Å². The van der Waals surface area contributed by atoms with Crippen molar-refractivity contribution in [2.75, 3.05) is 0 Å². The highest BCUT2D eigenvalue weighted by atomic mass is 14.6. The molecule has 0 aromatic rings. The molecule has 1 aliphatic rings. The average molecular weight is 166 g/mol. The van der Waals surface area contributed by atoms with Crippen LogP contribution in [0, 0.1) is 0 Å². The van der Waals surface area contributed by atoms with E-state index in [4.69, 9.17) is 11.5 Å². The first-order chi connectivity index (χ1) is 5.79. The molecule has 2 nitrogen and oxygen atoms in total. The van der Waals surface area contributed by atoms with Gasteiger partial charge in [0, 0.05) is 12.1 Å². The molecule has 0 amide bonds. The highest BCUT2D eigenvalue weighted by Gasteiger charge is 2.00. The Labute approximate surface area is 74.3 Å². The first-order valence-corrected chi connectivity index (χ1v) is 4.60. The van der Waals surface area contributed by atoms with Crippen LogP contribution in [0.1, 0.15) is 25.7 Å². The van der Waals surface area contributed by atoms with Crippen molar-refractivity contribution in [1.29, 1.82) is 0 Å². The Morgan fingerprint density at radius 3 is 1.17 bits per heavy atom. The third-order valence-corrected chi connectivity index (χ3v) is 2.09. The van der Waals surface area contributed by atoms with Gasteiger partial charge in [-0.3, -0.25) is 0 Å². The summed E-state index contributed by atoms with van der Waals surface area (Å²) in [7, 11) is 0. The molecule has 0 aliphatic heterocycles.